The smallest absolute Gasteiger partial charge is 0.232 e. The van der Waals surface area contributed by atoms with Gasteiger partial charge < -0.3 is 9.80 Å². The van der Waals surface area contributed by atoms with Crippen LogP contribution in [-0.4, -0.2) is 46.0 Å². The summed E-state index contributed by atoms with van der Waals surface area (Å²) in [4.78, 5) is 30.4. The van der Waals surface area contributed by atoms with Gasteiger partial charge in [-0.1, -0.05) is 48.5 Å². The summed E-state index contributed by atoms with van der Waals surface area (Å²) in [6, 6.07) is 20.3. The number of nitrogens with zero attached hydrogens (tertiary/aromatic N) is 2. The molecule has 146 valence electrons. The highest BCUT2D eigenvalue weighted by atomic mass is 32.2. The molecule has 0 N–H and O–H groups in total. The van der Waals surface area contributed by atoms with Crippen LogP contribution in [0.15, 0.2) is 65.6 Å². The lowest BCUT2D eigenvalue weighted by molar-refractivity contribution is -0.135. The molecular weight excluding hydrogens is 368 g/mol. The Morgan fingerprint density at radius 1 is 0.929 bits per heavy atom. The van der Waals surface area contributed by atoms with E-state index in [0.717, 1.165) is 37.2 Å². The van der Waals surface area contributed by atoms with Crippen molar-refractivity contribution in [2.24, 2.45) is 0 Å². The number of likely N-dealkylation sites (tertiary alicyclic amines) is 2. The second-order valence-corrected chi connectivity index (χ2v) is 8.72. The van der Waals surface area contributed by atoms with Crippen LogP contribution >= 0.6 is 11.8 Å². The van der Waals surface area contributed by atoms with Crippen molar-refractivity contribution in [1.82, 2.24) is 9.80 Å². The van der Waals surface area contributed by atoms with Crippen LogP contribution in [0.2, 0.25) is 0 Å². The Bertz CT molecular complexity index is 817. The molecule has 0 saturated carbocycles. The van der Waals surface area contributed by atoms with E-state index >= 15 is 0 Å². The summed E-state index contributed by atoms with van der Waals surface area (Å²) in [6.07, 6.45) is 3.31. The number of piperidine rings is 1. The minimum absolute atomic E-state index is 0.0731. The fourth-order valence-electron chi connectivity index (χ4n) is 4.34. The Kier molecular flexibility index (Phi) is 5.72. The third-order valence-electron chi connectivity index (χ3n) is 6.01. The molecule has 0 atom stereocenters. The predicted molar refractivity (Wildman–Crippen MR) is 112 cm³/mol. The van der Waals surface area contributed by atoms with Gasteiger partial charge in [-0.3, -0.25) is 9.59 Å². The van der Waals surface area contributed by atoms with Crippen molar-refractivity contribution in [1.29, 1.82) is 0 Å². The number of carbonyl (C=O) groups is 2. The molecule has 2 fully saturated rings. The van der Waals surface area contributed by atoms with E-state index in [1.807, 2.05) is 53.4 Å². The Labute approximate surface area is 170 Å². The first kappa shape index (κ1) is 19.1. The molecule has 2 amide bonds. The number of benzene rings is 2. The van der Waals surface area contributed by atoms with E-state index in [1.165, 1.54) is 5.56 Å². The van der Waals surface area contributed by atoms with Crippen molar-refractivity contribution in [2.45, 2.75) is 42.7 Å². The lowest BCUT2D eigenvalue weighted by atomic mass is 9.84. The quantitative estimate of drug-likeness (QED) is 0.721. The second-order valence-electron chi connectivity index (χ2n) is 7.67. The first-order chi connectivity index (χ1) is 13.7. The van der Waals surface area contributed by atoms with Gasteiger partial charge in [0.25, 0.3) is 0 Å². The molecule has 2 aromatic rings. The first-order valence-electron chi connectivity index (χ1n) is 9.96. The van der Waals surface area contributed by atoms with Crippen molar-refractivity contribution in [3.63, 3.8) is 0 Å². The van der Waals surface area contributed by atoms with Gasteiger partial charge in [-0.15, -0.1) is 11.8 Å². The fraction of sp³-hybridized carbons (Fsp3) is 0.391. The zero-order valence-corrected chi connectivity index (χ0v) is 16.9. The summed E-state index contributed by atoms with van der Waals surface area (Å²) in [7, 11) is 0. The van der Waals surface area contributed by atoms with Gasteiger partial charge in [-0.2, -0.15) is 0 Å². The lowest BCUT2D eigenvalue weighted by Gasteiger charge is -2.45. The summed E-state index contributed by atoms with van der Waals surface area (Å²) in [5.74, 6) is 0.926. The maximum Gasteiger partial charge on any atom is 0.232 e. The average Bonchev–Trinajstić information content (AvgIpc) is 3.04. The van der Waals surface area contributed by atoms with Gasteiger partial charge in [-0.25, -0.2) is 0 Å². The molecule has 2 aromatic carbocycles. The molecule has 2 heterocycles. The van der Waals surface area contributed by atoms with Crippen LogP contribution in [0.25, 0.3) is 0 Å². The number of thioether (sulfide) groups is 1. The van der Waals surface area contributed by atoms with Gasteiger partial charge >= 0.3 is 0 Å². The summed E-state index contributed by atoms with van der Waals surface area (Å²) in [5, 5.41) is 0. The zero-order chi connectivity index (χ0) is 19.4. The lowest BCUT2D eigenvalue weighted by Crippen LogP contribution is -2.54. The average molecular weight is 395 g/mol. The van der Waals surface area contributed by atoms with Gasteiger partial charge in [0.15, 0.2) is 0 Å². The molecule has 0 aliphatic carbocycles. The largest absolute Gasteiger partial charge is 0.342 e. The summed E-state index contributed by atoms with van der Waals surface area (Å²) in [5.41, 5.74) is 1.10. The Morgan fingerprint density at radius 2 is 1.57 bits per heavy atom. The van der Waals surface area contributed by atoms with Gasteiger partial charge in [0.2, 0.25) is 11.8 Å². The van der Waals surface area contributed by atoms with Crippen LogP contribution in [0, 0.1) is 0 Å². The van der Waals surface area contributed by atoms with Crippen LogP contribution in [-0.2, 0) is 16.1 Å². The maximum atomic E-state index is 12.6. The number of rotatable bonds is 5. The van der Waals surface area contributed by atoms with Crippen molar-refractivity contribution in [3.05, 3.63) is 66.2 Å². The molecule has 0 aromatic heterocycles. The predicted octanol–water partition coefficient (Wildman–Crippen LogP) is 3.96. The summed E-state index contributed by atoms with van der Waals surface area (Å²) >= 11 is 1.59. The summed E-state index contributed by atoms with van der Waals surface area (Å²) in [6.45, 7) is 2.16. The minimum Gasteiger partial charge on any atom is -0.342 e. The SMILES string of the molecule is O=C(CSc1ccccc1)N1CCC2(CCC(=O)N2Cc2ccccc2)CC1. The number of hydrogen-bond acceptors (Lipinski definition) is 3. The van der Waals surface area contributed by atoms with Crippen LogP contribution in [0.1, 0.15) is 31.2 Å². The first-order valence-corrected chi connectivity index (χ1v) is 10.9. The van der Waals surface area contributed by atoms with Crippen molar-refractivity contribution < 1.29 is 9.59 Å². The van der Waals surface area contributed by atoms with Crippen LogP contribution in [0.3, 0.4) is 0 Å². The van der Waals surface area contributed by atoms with Gasteiger partial charge in [-0.05, 0) is 37.0 Å². The Balaban J connectivity index is 1.35. The third-order valence-corrected chi connectivity index (χ3v) is 7.01. The number of amides is 2. The molecule has 0 bridgehead atoms. The number of carbonyl (C=O) groups excluding carboxylic acids is 2. The number of hydrogen-bond donors (Lipinski definition) is 0. The van der Waals surface area contributed by atoms with E-state index in [4.69, 9.17) is 0 Å². The molecule has 2 aliphatic heterocycles. The highest BCUT2D eigenvalue weighted by Crippen LogP contribution is 2.40. The molecule has 28 heavy (non-hydrogen) atoms. The van der Waals surface area contributed by atoms with Crippen molar-refractivity contribution in [3.8, 4) is 0 Å². The Hall–Kier alpha value is -2.27. The van der Waals surface area contributed by atoms with Crippen molar-refractivity contribution >= 4 is 23.6 Å². The molecule has 0 unspecified atom stereocenters. The van der Waals surface area contributed by atoms with Gasteiger partial charge in [0.05, 0.1) is 5.75 Å². The standard InChI is InChI=1S/C23H26N2O2S/c26-21-11-12-23(25(21)17-19-7-3-1-4-8-19)13-15-24(16-14-23)22(27)18-28-20-9-5-2-6-10-20/h1-10H,11-18H2. The molecular formula is C23H26N2O2S. The fourth-order valence-corrected chi connectivity index (χ4v) is 5.16. The zero-order valence-electron chi connectivity index (χ0n) is 16.0. The monoisotopic (exact) mass is 394 g/mol. The van der Waals surface area contributed by atoms with Gasteiger partial charge in [0, 0.05) is 36.5 Å². The third kappa shape index (κ3) is 4.09. The van der Waals surface area contributed by atoms with Crippen LogP contribution < -0.4 is 0 Å². The van der Waals surface area contributed by atoms with E-state index < -0.39 is 0 Å². The molecule has 1 spiro atoms. The van der Waals surface area contributed by atoms with E-state index in [9.17, 15) is 9.59 Å². The van der Waals surface area contributed by atoms with Crippen LogP contribution in [0.4, 0.5) is 0 Å². The highest BCUT2D eigenvalue weighted by molar-refractivity contribution is 8.00. The van der Waals surface area contributed by atoms with Crippen LogP contribution in [0.5, 0.6) is 0 Å². The molecule has 5 heteroatoms. The molecule has 4 nitrogen and oxygen atoms in total. The van der Waals surface area contributed by atoms with E-state index in [-0.39, 0.29) is 17.4 Å². The second kappa shape index (κ2) is 8.39. The van der Waals surface area contributed by atoms with Gasteiger partial charge in [0.1, 0.15) is 0 Å². The van der Waals surface area contributed by atoms with E-state index in [0.29, 0.717) is 18.7 Å². The maximum absolute atomic E-state index is 12.6. The minimum atomic E-state index is -0.0731. The normalized spacial score (nSPS) is 18.6. The molecule has 2 aliphatic rings. The Morgan fingerprint density at radius 3 is 2.25 bits per heavy atom. The highest BCUT2D eigenvalue weighted by Gasteiger charge is 2.47. The molecule has 4 rings (SSSR count). The summed E-state index contributed by atoms with van der Waals surface area (Å²) < 4.78 is 0. The molecule has 0 radical (unpaired) electrons. The topological polar surface area (TPSA) is 40.6 Å². The molecule has 2 saturated heterocycles. The van der Waals surface area contributed by atoms with E-state index in [1.54, 1.807) is 11.8 Å². The van der Waals surface area contributed by atoms with Crippen molar-refractivity contribution in [2.75, 3.05) is 18.8 Å². The van der Waals surface area contributed by atoms with E-state index in [2.05, 4.69) is 17.0 Å².